The van der Waals surface area contributed by atoms with Gasteiger partial charge in [-0.3, -0.25) is 4.79 Å². The minimum atomic E-state index is -0.506. The summed E-state index contributed by atoms with van der Waals surface area (Å²) in [5.41, 5.74) is 0.0737. The first-order valence-electron chi connectivity index (χ1n) is 5.98. The molecule has 1 heterocycles. The van der Waals surface area contributed by atoms with Gasteiger partial charge in [0.15, 0.2) is 0 Å². The maximum atomic E-state index is 13.6. The van der Waals surface area contributed by atoms with Gasteiger partial charge in [0, 0.05) is 24.2 Å². The van der Waals surface area contributed by atoms with Crippen LogP contribution in [0, 0.1) is 11.7 Å². The summed E-state index contributed by atoms with van der Waals surface area (Å²) in [5, 5.41) is 2.79. The number of hydrogen-bond acceptors (Lipinski definition) is 2. The molecule has 1 amide bonds. The fourth-order valence-corrected chi connectivity index (χ4v) is 2.51. The first-order chi connectivity index (χ1) is 8.68. The molecular formula is C13H15BrFNO2. The van der Waals surface area contributed by atoms with Crippen molar-refractivity contribution in [2.75, 3.05) is 19.8 Å². The minimum absolute atomic E-state index is 0.0737. The van der Waals surface area contributed by atoms with E-state index < -0.39 is 5.82 Å². The van der Waals surface area contributed by atoms with Crippen LogP contribution in [-0.2, 0) is 4.74 Å². The second-order valence-electron chi connectivity index (χ2n) is 4.36. The number of benzene rings is 1. The molecule has 1 aliphatic heterocycles. The summed E-state index contributed by atoms with van der Waals surface area (Å²) in [5.74, 6) is -0.450. The maximum Gasteiger partial charge on any atom is 0.255 e. The smallest absolute Gasteiger partial charge is 0.255 e. The Hall–Kier alpha value is -0.940. The van der Waals surface area contributed by atoms with Crippen molar-refractivity contribution in [3.05, 3.63) is 34.1 Å². The number of ether oxygens (including phenoxy) is 1. The molecule has 98 valence electrons. The number of hydrogen-bond donors (Lipinski definition) is 1. The second-order valence-corrected chi connectivity index (χ2v) is 5.22. The van der Waals surface area contributed by atoms with E-state index in [1.807, 2.05) is 0 Å². The third kappa shape index (κ3) is 3.29. The van der Waals surface area contributed by atoms with Crippen LogP contribution >= 0.6 is 15.9 Å². The van der Waals surface area contributed by atoms with Crippen LogP contribution in [0.4, 0.5) is 4.39 Å². The van der Waals surface area contributed by atoms with Crippen molar-refractivity contribution in [2.24, 2.45) is 5.92 Å². The topological polar surface area (TPSA) is 38.3 Å². The monoisotopic (exact) mass is 315 g/mol. The zero-order chi connectivity index (χ0) is 13.0. The lowest BCUT2D eigenvalue weighted by atomic mass is 10.0. The van der Waals surface area contributed by atoms with E-state index in [0.29, 0.717) is 16.9 Å². The van der Waals surface area contributed by atoms with E-state index in [4.69, 9.17) is 4.74 Å². The van der Waals surface area contributed by atoms with E-state index in [1.165, 1.54) is 6.07 Å². The molecule has 3 nitrogen and oxygen atoms in total. The molecule has 0 atom stereocenters. The van der Waals surface area contributed by atoms with Gasteiger partial charge >= 0.3 is 0 Å². The van der Waals surface area contributed by atoms with Crippen molar-refractivity contribution >= 4 is 21.8 Å². The predicted molar refractivity (Wildman–Crippen MR) is 70.0 cm³/mol. The van der Waals surface area contributed by atoms with Crippen LogP contribution in [0.2, 0.25) is 0 Å². The van der Waals surface area contributed by atoms with Crippen LogP contribution in [0.3, 0.4) is 0 Å². The Balaban J connectivity index is 1.95. The summed E-state index contributed by atoms with van der Waals surface area (Å²) in [7, 11) is 0. The summed E-state index contributed by atoms with van der Waals surface area (Å²) in [6.45, 7) is 2.05. The van der Waals surface area contributed by atoms with E-state index in [0.717, 1.165) is 26.1 Å². The Morgan fingerprint density at radius 3 is 2.83 bits per heavy atom. The Bertz CT molecular complexity index is 413. The number of amides is 1. The third-order valence-electron chi connectivity index (χ3n) is 3.08. The molecule has 0 spiro atoms. The molecule has 0 aromatic heterocycles. The molecular weight excluding hydrogens is 301 g/mol. The molecule has 1 aromatic carbocycles. The van der Waals surface area contributed by atoms with Crippen LogP contribution in [0.1, 0.15) is 23.2 Å². The molecule has 1 aliphatic rings. The van der Waals surface area contributed by atoms with Gasteiger partial charge in [0.25, 0.3) is 5.91 Å². The maximum absolute atomic E-state index is 13.6. The lowest BCUT2D eigenvalue weighted by Gasteiger charge is -2.22. The van der Waals surface area contributed by atoms with Crippen molar-refractivity contribution in [3.63, 3.8) is 0 Å². The summed E-state index contributed by atoms with van der Waals surface area (Å²) in [6.07, 6.45) is 1.89. The van der Waals surface area contributed by atoms with Gasteiger partial charge in [-0.2, -0.15) is 0 Å². The van der Waals surface area contributed by atoms with Gasteiger partial charge in [0.05, 0.1) is 5.56 Å². The van der Waals surface area contributed by atoms with Gasteiger partial charge < -0.3 is 10.1 Å². The molecule has 1 fully saturated rings. The average molecular weight is 316 g/mol. The zero-order valence-electron chi connectivity index (χ0n) is 9.92. The van der Waals surface area contributed by atoms with Crippen molar-refractivity contribution in [1.29, 1.82) is 0 Å². The highest BCUT2D eigenvalue weighted by Gasteiger charge is 2.18. The van der Waals surface area contributed by atoms with E-state index in [1.54, 1.807) is 12.1 Å². The predicted octanol–water partition coefficient (Wildman–Crippen LogP) is 2.74. The molecule has 0 bridgehead atoms. The highest BCUT2D eigenvalue weighted by atomic mass is 79.9. The van der Waals surface area contributed by atoms with Gasteiger partial charge in [-0.15, -0.1) is 0 Å². The summed E-state index contributed by atoms with van der Waals surface area (Å²) in [6, 6.07) is 4.51. The number of carbonyl (C=O) groups is 1. The lowest BCUT2D eigenvalue weighted by Crippen LogP contribution is -2.32. The number of rotatable bonds is 3. The van der Waals surface area contributed by atoms with Crippen LogP contribution in [-0.4, -0.2) is 25.7 Å². The number of nitrogens with one attached hydrogen (secondary N) is 1. The second kappa shape index (κ2) is 6.29. The van der Waals surface area contributed by atoms with Crippen molar-refractivity contribution in [1.82, 2.24) is 5.32 Å². The molecule has 5 heteroatoms. The quantitative estimate of drug-likeness (QED) is 0.931. The number of halogens is 2. The molecule has 2 rings (SSSR count). The van der Waals surface area contributed by atoms with Gasteiger partial charge in [-0.25, -0.2) is 4.39 Å². The van der Waals surface area contributed by atoms with E-state index >= 15 is 0 Å². The van der Waals surface area contributed by atoms with Crippen LogP contribution in [0.25, 0.3) is 0 Å². The highest BCUT2D eigenvalue weighted by molar-refractivity contribution is 9.10. The Labute approximate surface area is 114 Å². The van der Waals surface area contributed by atoms with Crippen molar-refractivity contribution in [3.8, 4) is 0 Å². The first-order valence-corrected chi connectivity index (χ1v) is 6.77. The molecule has 0 unspecified atom stereocenters. The van der Waals surface area contributed by atoms with E-state index in [2.05, 4.69) is 21.2 Å². The van der Waals surface area contributed by atoms with Gasteiger partial charge in [-0.1, -0.05) is 6.07 Å². The summed E-state index contributed by atoms with van der Waals surface area (Å²) in [4.78, 5) is 11.9. The molecule has 1 saturated heterocycles. The fraction of sp³-hybridized carbons (Fsp3) is 0.462. The normalized spacial score (nSPS) is 16.6. The molecule has 0 aliphatic carbocycles. The van der Waals surface area contributed by atoms with Gasteiger partial charge in [0.1, 0.15) is 5.82 Å². The van der Waals surface area contributed by atoms with Crippen LogP contribution < -0.4 is 5.32 Å². The van der Waals surface area contributed by atoms with E-state index in [9.17, 15) is 9.18 Å². The third-order valence-corrected chi connectivity index (χ3v) is 3.74. The minimum Gasteiger partial charge on any atom is -0.381 e. The van der Waals surface area contributed by atoms with Gasteiger partial charge in [0.2, 0.25) is 0 Å². The largest absolute Gasteiger partial charge is 0.381 e. The molecule has 1 aromatic rings. The number of carbonyl (C=O) groups excluding carboxylic acids is 1. The lowest BCUT2D eigenvalue weighted by molar-refractivity contribution is 0.0642. The molecule has 18 heavy (non-hydrogen) atoms. The summed E-state index contributed by atoms with van der Waals surface area (Å²) >= 11 is 3.19. The molecule has 0 saturated carbocycles. The summed E-state index contributed by atoms with van der Waals surface area (Å²) < 4.78 is 19.3. The van der Waals surface area contributed by atoms with Crippen LogP contribution in [0.5, 0.6) is 0 Å². The molecule has 0 radical (unpaired) electrons. The Kier molecular flexibility index (Phi) is 4.72. The zero-order valence-corrected chi connectivity index (χ0v) is 11.5. The average Bonchev–Trinajstić information content (AvgIpc) is 2.37. The molecule has 1 N–H and O–H groups in total. The van der Waals surface area contributed by atoms with Gasteiger partial charge in [-0.05, 0) is 46.8 Å². The SMILES string of the molecule is O=C(NCC1CCOCC1)c1c(F)cccc1Br. The Morgan fingerprint density at radius 1 is 1.44 bits per heavy atom. The van der Waals surface area contributed by atoms with E-state index in [-0.39, 0.29) is 11.5 Å². The fourth-order valence-electron chi connectivity index (χ4n) is 1.99. The van der Waals surface area contributed by atoms with Crippen molar-refractivity contribution in [2.45, 2.75) is 12.8 Å². The van der Waals surface area contributed by atoms with Crippen LogP contribution in [0.15, 0.2) is 22.7 Å². The first kappa shape index (κ1) is 13.5. The Morgan fingerprint density at radius 2 is 2.17 bits per heavy atom. The van der Waals surface area contributed by atoms with Crippen molar-refractivity contribution < 1.29 is 13.9 Å². The standard InChI is InChI=1S/C13H15BrFNO2/c14-10-2-1-3-11(15)12(10)13(17)16-8-9-4-6-18-7-5-9/h1-3,9H,4-8H2,(H,16,17). The highest BCUT2D eigenvalue weighted by Crippen LogP contribution is 2.20.